The number of carbonyl (C=O) groups is 1. The molecule has 3 aromatic carbocycles. The fraction of sp³-hybridized carbons (Fsp3) is 0.125. The van der Waals surface area contributed by atoms with Gasteiger partial charge in [0.15, 0.2) is 23.4 Å². The van der Waals surface area contributed by atoms with Crippen molar-refractivity contribution in [3.8, 4) is 40.2 Å². The maximum Gasteiger partial charge on any atom is 0.331 e. The Balaban J connectivity index is 1.65. The number of phenolic OH excluding ortho intramolecular Hbond substituents is 6. The van der Waals surface area contributed by atoms with Crippen molar-refractivity contribution in [1.29, 1.82) is 0 Å². The number of phenols is 6. The van der Waals surface area contributed by atoms with Crippen molar-refractivity contribution in [2.75, 3.05) is 0 Å². The van der Waals surface area contributed by atoms with Crippen LogP contribution in [0.3, 0.4) is 0 Å². The molecule has 0 saturated carbocycles. The lowest BCUT2D eigenvalue weighted by atomic mass is 9.93. The Labute approximate surface area is 187 Å². The molecule has 0 fully saturated rings. The molecular weight excluding hydrogens is 432 g/mol. The van der Waals surface area contributed by atoms with Crippen LogP contribution >= 0.6 is 0 Å². The predicted molar refractivity (Wildman–Crippen MR) is 115 cm³/mol. The summed E-state index contributed by atoms with van der Waals surface area (Å²) < 4.78 is 11.4. The van der Waals surface area contributed by atoms with Gasteiger partial charge in [0.25, 0.3) is 0 Å². The number of aromatic hydroxyl groups is 6. The van der Waals surface area contributed by atoms with Crippen LogP contribution in [0.25, 0.3) is 6.08 Å². The van der Waals surface area contributed by atoms with E-state index in [1.54, 1.807) is 12.1 Å². The molecule has 3 aromatic rings. The van der Waals surface area contributed by atoms with Gasteiger partial charge in [0, 0.05) is 35.8 Å². The van der Waals surface area contributed by atoms with Crippen molar-refractivity contribution >= 4 is 12.0 Å². The average molecular weight is 452 g/mol. The highest BCUT2D eigenvalue weighted by Gasteiger charge is 2.36. The van der Waals surface area contributed by atoms with Gasteiger partial charge in [-0.2, -0.15) is 0 Å². The second-order valence-corrected chi connectivity index (χ2v) is 7.49. The highest BCUT2D eigenvalue weighted by Crippen LogP contribution is 2.45. The van der Waals surface area contributed by atoms with Gasteiger partial charge in [0.2, 0.25) is 0 Å². The molecule has 1 aliphatic heterocycles. The molecule has 0 amide bonds. The van der Waals surface area contributed by atoms with Crippen LogP contribution in [0.4, 0.5) is 0 Å². The van der Waals surface area contributed by atoms with E-state index >= 15 is 0 Å². The smallest absolute Gasteiger partial charge is 0.331 e. The minimum Gasteiger partial charge on any atom is -0.508 e. The first kappa shape index (κ1) is 21.7. The van der Waals surface area contributed by atoms with Crippen molar-refractivity contribution < 1.29 is 44.9 Å². The number of carbonyl (C=O) groups excluding carboxylic acids is 1. The standard InChI is InChI=1S/C24H20O9/c25-14-4-1-12(2-5-14)3-6-22(30)32-21-11-16-17(27)9-15(26)10-20(16)33-24(21)13-7-18(28)23(31)19(29)8-13/h1-10,21,24-29,31H,11H2/b6-3+/t21-,24-/m1/s1. The molecule has 170 valence electrons. The zero-order valence-corrected chi connectivity index (χ0v) is 17.0. The maximum absolute atomic E-state index is 12.5. The van der Waals surface area contributed by atoms with E-state index in [0.717, 1.165) is 18.2 Å². The molecule has 0 bridgehead atoms. The fourth-order valence-electron chi connectivity index (χ4n) is 3.56. The molecule has 1 aliphatic rings. The van der Waals surface area contributed by atoms with E-state index in [4.69, 9.17) is 9.47 Å². The van der Waals surface area contributed by atoms with E-state index in [9.17, 15) is 35.4 Å². The summed E-state index contributed by atoms with van der Waals surface area (Å²) in [6, 6.07) is 10.9. The van der Waals surface area contributed by atoms with Gasteiger partial charge in [-0.15, -0.1) is 0 Å². The summed E-state index contributed by atoms with van der Waals surface area (Å²) >= 11 is 0. The Bertz CT molecular complexity index is 1210. The van der Waals surface area contributed by atoms with Gasteiger partial charge in [-0.25, -0.2) is 4.79 Å². The topological polar surface area (TPSA) is 157 Å². The van der Waals surface area contributed by atoms with Gasteiger partial charge in [0.05, 0.1) is 0 Å². The lowest BCUT2D eigenvalue weighted by Crippen LogP contribution is -2.34. The zero-order valence-electron chi connectivity index (χ0n) is 17.0. The van der Waals surface area contributed by atoms with E-state index < -0.39 is 35.4 Å². The molecule has 2 atom stereocenters. The highest BCUT2D eigenvalue weighted by atomic mass is 16.6. The summed E-state index contributed by atoms with van der Waals surface area (Å²) in [7, 11) is 0. The van der Waals surface area contributed by atoms with Crippen molar-refractivity contribution in [3.63, 3.8) is 0 Å². The average Bonchev–Trinajstić information content (AvgIpc) is 2.76. The van der Waals surface area contributed by atoms with Crippen molar-refractivity contribution in [2.24, 2.45) is 0 Å². The normalized spacial score (nSPS) is 17.3. The monoisotopic (exact) mass is 452 g/mol. The van der Waals surface area contributed by atoms with Gasteiger partial charge in [-0.1, -0.05) is 12.1 Å². The van der Waals surface area contributed by atoms with Gasteiger partial charge in [-0.3, -0.25) is 0 Å². The number of fused-ring (bicyclic) bond motifs is 1. The van der Waals surface area contributed by atoms with Crippen molar-refractivity contribution in [3.05, 3.63) is 71.3 Å². The van der Waals surface area contributed by atoms with Crippen LogP contribution in [-0.4, -0.2) is 42.7 Å². The van der Waals surface area contributed by atoms with Crippen LogP contribution in [-0.2, 0) is 16.0 Å². The van der Waals surface area contributed by atoms with Gasteiger partial charge in [0.1, 0.15) is 29.1 Å². The molecule has 0 radical (unpaired) electrons. The van der Waals surface area contributed by atoms with E-state index in [2.05, 4.69) is 0 Å². The van der Waals surface area contributed by atoms with Crippen LogP contribution < -0.4 is 4.74 Å². The third-order valence-corrected chi connectivity index (χ3v) is 5.16. The minimum absolute atomic E-state index is 0.00724. The molecule has 9 heteroatoms. The third kappa shape index (κ3) is 4.57. The number of benzene rings is 3. The number of hydrogen-bond donors (Lipinski definition) is 6. The summed E-state index contributed by atoms with van der Waals surface area (Å²) in [6.45, 7) is 0. The van der Waals surface area contributed by atoms with E-state index in [1.165, 1.54) is 30.4 Å². The van der Waals surface area contributed by atoms with Crippen molar-refractivity contribution in [1.82, 2.24) is 0 Å². The Morgan fingerprint density at radius 1 is 0.879 bits per heavy atom. The SMILES string of the molecule is O=C(/C=C/c1ccc(O)cc1)O[C@@H]1Cc2c(O)cc(O)cc2O[C@@H]1c1cc(O)c(O)c(O)c1. The first-order chi connectivity index (χ1) is 15.7. The first-order valence-corrected chi connectivity index (χ1v) is 9.85. The van der Waals surface area contributed by atoms with Crippen LogP contribution in [0.15, 0.2) is 54.6 Å². The Morgan fingerprint density at radius 3 is 2.21 bits per heavy atom. The molecule has 33 heavy (non-hydrogen) atoms. The fourth-order valence-corrected chi connectivity index (χ4v) is 3.56. The van der Waals surface area contributed by atoms with Crippen LogP contribution in [0.2, 0.25) is 0 Å². The molecule has 0 unspecified atom stereocenters. The van der Waals surface area contributed by atoms with E-state index in [-0.39, 0.29) is 35.0 Å². The summed E-state index contributed by atoms with van der Waals surface area (Å²) in [4.78, 5) is 12.5. The maximum atomic E-state index is 12.5. The Morgan fingerprint density at radius 2 is 1.55 bits per heavy atom. The molecule has 1 heterocycles. The minimum atomic E-state index is -1.04. The molecule has 0 spiro atoms. The number of rotatable bonds is 4. The number of hydrogen-bond acceptors (Lipinski definition) is 9. The molecule has 4 rings (SSSR count). The second-order valence-electron chi connectivity index (χ2n) is 7.49. The summed E-state index contributed by atoms with van der Waals surface area (Å²) in [5, 5.41) is 58.8. The predicted octanol–water partition coefficient (Wildman–Crippen LogP) is 3.22. The largest absolute Gasteiger partial charge is 0.508 e. The molecule has 0 aromatic heterocycles. The molecular formula is C24H20O9. The van der Waals surface area contributed by atoms with Gasteiger partial charge in [-0.05, 0) is 35.9 Å². The van der Waals surface area contributed by atoms with Crippen LogP contribution in [0.1, 0.15) is 22.8 Å². The second kappa shape index (κ2) is 8.54. The third-order valence-electron chi connectivity index (χ3n) is 5.16. The van der Waals surface area contributed by atoms with Crippen molar-refractivity contribution in [2.45, 2.75) is 18.6 Å². The van der Waals surface area contributed by atoms with E-state index in [0.29, 0.717) is 11.1 Å². The lowest BCUT2D eigenvalue weighted by molar-refractivity contribution is -0.149. The summed E-state index contributed by atoms with van der Waals surface area (Å²) in [5.74, 6) is -2.91. The molecule has 9 nitrogen and oxygen atoms in total. The number of ether oxygens (including phenoxy) is 2. The van der Waals surface area contributed by atoms with Gasteiger partial charge < -0.3 is 40.1 Å². The summed E-state index contributed by atoms with van der Waals surface area (Å²) in [6.07, 6.45) is 0.645. The number of esters is 1. The Kier molecular flexibility index (Phi) is 5.61. The van der Waals surface area contributed by atoms with Gasteiger partial charge >= 0.3 is 5.97 Å². The molecule has 0 aliphatic carbocycles. The van der Waals surface area contributed by atoms with Crippen LogP contribution in [0, 0.1) is 0 Å². The molecule has 6 N–H and O–H groups in total. The quantitative estimate of drug-likeness (QED) is 0.199. The first-order valence-electron chi connectivity index (χ1n) is 9.85. The Hall–Kier alpha value is -4.53. The zero-order chi connectivity index (χ0) is 23.7. The molecule has 0 saturated heterocycles. The lowest BCUT2D eigenvalue weighted by Gasteiger charge is -2.33. The summed E-state index contributed by atoms with van der Waals surface area (Å²) in [5.41, 5.74) is 1.14. The van der Waals surface area contributed by atoms with E-state index in [1.807, 2.05) is 0 Å². The van der Waals surface area contributed by atoms with Crippen LogP contribution in [0.5, 0.6) is 40.2 Å². The highest BCUT2D eigenvalue weighted by molar-refractivity contribution is 5.87.